The molecule has 2 heterocycles. The largest absolute Gasteiger partial charge is 0.370 e. The Labute approximate surface area is 102 Å². The minimum atomic E-state index is 0.506. The van der Waals surface area contributed by atoms with Crippen molar-refractivity contribution >= 4 is 5.96 Å². The number of nitrogens with zero attached hydrogens (tertiary/aromatic N) is 4. The molecule has 1 fully saturated rings. The van der Waals surface area contributed by atoms with Crippen LogP contribution in [0, 0.1) is 5.92 Å². The van der Waals surface area contributed by atoms with E-state index in [0.717, 1.165) is 24.7 Å². The number of aliphatic imine (C=N–C) groups is 1. The van der Waals surface area contributed by atoms with Crippen LogP contribution in [0.1, 0.15) is 25.5 Å². The first-order valence-corrected chi connectivity index (χ1v) is 6.07. The molecular formula is C12H19N5. The Hall–Kier alpha value is -1.65. The quantitative estimate of drug-likeness (QED) is 0.612. The van der Waals surface area contributed by atoms with Crippen LogP contribution in [0.15, 0.2) is 23.3 Å². The summed E-state index contributed by atoms with van der Waals surface area (Å²) in [6.45, 7) is 4.81. The number of likely N-dealkylation sites (tertiary alicyclic amines) is 1. The molecule has 5 nitrogen and oxygen atoms in total. The van der Waals surface area contributed by atoms with Crippen LogP contribution in [0.4, 0.5) is 0 Å². The lowest BCUT2D eigenvalue weighted by atomic mass is 10.00. The zero-order valence-corrected chi connectivity index (χ0v) is 10.2. The lowest BCUT2D eigenvalue weighted by molar-refractivity contribution is 0.277. The van der Waals surface area contributed by atoms with Crippen LogP contribution in [0.2, 0.25) is 0 Å². The topological polar surface area (TPSA) is 67.4 Å². The Morgan fingerprint density at radius 1 is 1.53 bits per heavy atom. The first kappa shape index (κ1) is 11.8. The number of hydrogen-bond donors (Lipinski definition) is 1. The monoisotopic (exact) mass is 233 g/mol. The molecule has 0 aliphatic carbocycles. The van der Waals surface area contributed by atoms with Gasteiger partial charge in [-0.1, -0.05) is 6.92 Å². The van der Waals surface area contributed by atoms with Crippen LogP contribution < -0.4 is 5.73 Å². The highest BCUT2D eigenvalue weighted by Crippen LogP contribution is 2.15. The van der Waals surface area contributed by atoms with Gasteiger partial charge in [0.2, 0.25) is 0 Å². The van der Waals surface area contributed by atoms with Gasteiger partial charge in [0, 0.05) is 19.3 Å². The summed E-state index contributed by atoms with van der Waals surface area (Å²) in [4.78, 5) is 6.51. The maximum Gasteiger partial charge on any atom is 0.191 e. The van der Waals surface area contributed by atoms with Crippen molar-refractivity contribution in [3.63, 3.8) is 0 Å². The van der Waals surface area contributed by atoms with E-state index in [1.807, 2.05) is 12.1 Å². The van der Waals surface area contributed by atoms with Gasteiger partial charge < -0.3 is 10.6 Å². The predicted octanol–water partition coefficient (Wildman–Crippen LogP) is 1.02. The molecule has 1 aliphatic rings. The summed E-state index contributed by atoms with van der Waals surface area (Å²) in [5.74, 6) is 1.43. The SMILES string of the molecule is CC1CCN(C(N)=NCc2cccnn2)CC1. The number of rotatable bonds is 2. The van der Waals surface area contributed by atoms with Gasteiger partial charge in [-0.05, 0) is 30.9 Å². The van der Waals surface area contributed by atoms with E-state index in [9.17, 15) is 0 Å². The normalized spacial score (nSPS) is 18.4. The van der Waals surface area contributed by atoms with Crippen molar-refractivity contribution < 1.29 is 0 Å². The zero-order chi connectivity index (χ0) is 12.1. The van der Waals surface area contributed by atoms with Crippen LogP contribution in [0.3, 0.4) is 0 Å². The molecular weight excluding hydrogens is 214 g/mol. The lowest BCUT2D eigenvalue weighted by Crippen LogP contribution is -2.42. The van der Waals surface area contributed by atoms with Crippen molar-refractivity contribution in [1.29, 1.82) is 0 Å². The lowest BCUT2D eigenvalue weighted by Gasteiger charge is -2.30. The average Bonchev–Trinajstić information content (AvgIpc) is 2.38. The first-order valence-electron chi connectivity index (χ1n) is 6.07. The Bertz CT molecular complexity index is 368. The summed E-state index contributed by atoms with van der Waals surface area (Å²) in [5, 5.41) is 7.79. The van der Waals surface area contributed by atoms with Gasteiger partial charge in [0.1, 0.15) is 0 Å². The number of hydrogen-bond acceptors (Lipinski definition) is 3. The van der Waals surface area contributed by atoms with Crippen molar-refractivity contribution in [2.45, 2.75) is 26.3 Å². The molecule has 0 saturated carbocycles. The first-order chi connectivity index (χ1) is 8.25. The fourth-order valence-corrected chi connectivity index (χ4v) is 1.92. The minimum absolute atomic E-state index is 0.506. The molecule has 1 aliphatic heterocycles. The number of aromatic nitrogens is 2. The number of piperidine rings is 1. The molecule has 5 heteroatoms. The molecule has 92 valence electrons. The third kappa shape index (κ3) is 3.41. The number of nitrogens with two attached hydrogens (primary N) is 1. The van der Waals surface area contributed by atoms with Crippen molar-refractivity contribution in [2.24, 2.45) is 16.6 Å². The Morgan fingerprint density at radius 2 is 2.29 bits per heavy atom. The Kier molecular flexibility index (Phi) is 3.90. The minimum Gasteiger partial charge on any atom is -0.370 e. The van der Waals surface area contributed by atoms with Crippen LogP contribution in [-0.2, 0) is 6.54 Å². The second-order valence-electron chi connectivity index (χ2n) is 4.56. The van der Waals surface area contributed by atoms with E-state index in [1.165, 1.54) is 12.8 Å². The third-order valence-corrected chi connectivity index (χ3v) is 3.14. The van der Waals surface area contributed by atoms with Crippen molar-refractivity contribution in [3.8, 4) is 0 Å². The van der Waals surface area contributed by atoms with Crippen molar-refractivity contribution in [1.82, 2.24) is 15.1 Å². The molecule has 0 unspecified atom stereocenters. The maximum atomic E-state index is 5.97. The molecule has 17 heavy (non-hydrogen) atoms. The molecule has 1 aromatic rings. The van der Waals surface area contributed by atoms with E-state index < -0.39 is 0 Å². The van der Waals surface area contributed by atoms with E-state index in [2.05, 4.69) is 27.0 Å². The summed E-state index contributed by atoms with van der Waals surface area (Å²) < 4.78 is 0. The van der Waals surface area contributed by atoms with Gasteiger partial charge in [-0.25, -0.2) is 4.99 Å². The molecule has 0 amide bonds. The molecule has 0 bridgehead atoms. The molecule has 0 aromatic carbocycles. The van der Waals surface area contributed by atoms with Crippen LogP contribution in [0.25, 0.3) is 0 Å². The highest BCUT2D eigenvalue weighted by molar-refractivity contribution is 5.78. The highest BCUT2D eigenvalue weighted by atomic mass is 15.3. The average molecular weight is 233 g/mol. The predicted molar refractivity (Wildman–Crippen MR) is 67.3 cm³/mol. The molecule has 1 aromatic heterocycles. The van der Waals surface area contributed by atoms with Crippen LogP contribution in [-0.4, -0.2) is 34.1 Å². The van der Waals surface area contributed by atoms with E-state index >= 15 is 0 Å². The molecule has 2 rings (SSSR count). The molecule has 2 N–H and O–H groups in total. The van der Waals surface area contributed by atoms with Gasteiger partial charge in [0.25, 0.3) is 0 Å². The van der Waals surface area contributed by atoms with Crippen molar-refractivity contribution in [2.75, 3.05) is 13.1 Å². The van der Waals surface area contributed by atoms with Crippen LogP contribution >= 0.6 is 0 Å². The van der Waals surface area contributed by atoms with Crippen molar-refractivity contribution in [3.05, 3.63) is 24.0 Å². The summed E-state index contributed by atoms with van der Waals surface area (Å²) in [7, 11) is 0. The third-order valence-electron chi connectivity index (χ3n) is 3.14. The standard InChI is InChI=1S/C12H19N5/c1-10-4-7-17(8-5-10)12(13)14-9-11-3-2-6-15-16-11/h2-3,6,10H,4-5,7-9H2,1H3,(H2,13,14). The Balaban J connectivity index is 1.89. The second-order valence-corrected chi connectivity index (χ2v) is 4.56. The van der Waals surface area contributed by atoms with E-state index in [-0.39, 0.29) is 0 Å². The molecule has 0 radical (unpaired) electrons. The van der Waals surface area contributed by atoms with E-state index in [0.29, 0.717) is 12.5 Å². The second kappa shape index (κ2) is 5.61. The fraction of sp³-hybridized carbons (Fsp3) is 0.583. The van der Waals surface area contributed by atoms with E-state index in [1.54, 1.807) is 6.20 Å². The van der Waals surface area contributed by atoms with Gasteiger partial charge in [-0.2, -0.15) is 10.2 Å². The number of guanidine groups is 1. The molecule has 1 saturated heterocycles. The summed E-state index contributed by atoms with van der Waals surface area (Å²) in [6.07, 6.45) is 4.05. The Morgan fingerprint density at radius 3 is 2.94 bits per heavy atom. The zero-order valence-electron chi connectivity index (χ0n) is 10.2. The van der Waals surface area contributed by atoms with Gasteiger partial charge >= 0.3 is 0 Å². The van der Waals surface area contributed by atoms with Crippen LogP contribution in [0.5, 0.6) is 0 Å². The summed E-state index contributed by atoms with van der Waals surface area (Å²) >= 11 is 0. The van der Waals surface area contributed by atoms with Gasteiger partial charge in [0.15, 0.2) is 5.96 Å². The maximum absolute atomic E-state index is 5.97. The molecule has 0 atom stereocenters. The summed E-state index contributed by atoms with van der Waals surface area (Å²) in [6, 6.07) is 3.76. The summed E-state index contributed by atoms with van der Waals surface area (Å²) in [5.41, 5.74) is 6.82. The smallest absolute Gasteiger partial charge is 0.191 e. The van der Waals surface area contributed by atoms with Gasteiger partial charge in [0.05, 0.1) is 12.2 Å². The van der Waals surface area contributed by atoms with Gasteiger partial charge in [-0.3, -0.25) is 0 Å². The van der Waals surface area contributed by atoms with E-state index in [4.69, 9.17) is 5.73 Å². The molecule has 0 spiro atoms. The van der Waals surface area contributed by atoms with Gasteiger partial charge in [-0.15, -0.1) is 0 Å². The fourth-order valence-electron chi connectivity index (χ4n) is 1.92. The highest BCUT2D eigenvalue weighted by Gasteiger charge is 2.16.